The van der Waals surface area contributed by atoms with Crippen molar-refractivity contribution in [3.63, 3.8) is 0 Å². The molecular formula is C11H13BrN2O2. The molecule has 1 aromatic carbocycles. The van der Waals surface area contributed by atoms with E-state index in [1.54, 1.807) is 6.07 Å². The monoisotopic (exact) mass is 284 g/mol. The molecule has 0 atom stereocenters. The number of benzene rings is 1. The highest BCUT2D eigenvalue weighted by molar-refractivity contribution is 9.10. The molecule has 1 aromatic rings. The topological polar surface area (TPSA) is 69.2 Å². The Morgan fingerprint density at radius 2 is 2.00 bits per heavy atom. The molecule has 0 unspecified atom stereocenters. The van der Waals surface area contributed by atoms with Crippen LogP contribution >= 0.6 is 15.9 Å². The van der Waals surface area contributed by atoms with Crippen molar-refractivity contribution in [3.05, 3.63) is 38.3 Å². The van der Waals surface area contributed by atoms with Crippen LogP contribution in [0.5, 0.6) is 0 Å². The molecule has 1 aliphatic carbocycles. The molecule has 0 aliphatic heterocycles. The maximum Gasteiger partial charge on any atom is 0.270 e. The molecule has 0 radical (unpaired) electrons. The van der Waals surface area contributed by atoms with E-state index in [2.05, 4.69) is 15.9 Å². The Kier molecular flexibility index (Phi) is 2.99. The first kappa shape index (κ1) is 11.5. The van der Waals surface area contributed by atoms with Crippen LogP contribution in [0.15, 0.2) is 22.7 Å². The van der Waals surface area contributed by atoms with E-state index in [0.29, 0.717) is 0 Å². The van der Waals surface area contributed by atoms with E-state index in [1.807, 2.05) is 0 Å². The first-order valence-corrected chi connectivity index (χ1v) is 6.05. The minimum atomic E-state index is -0.396. The van der Waals surface area contributed by atoms with Crippen molar-refractivity contribution in [3.8, 4) is 0 Å². The van der Waals surface area contributed by atoms with Crippen LogP contribution in [0.3, 0.4) is 0 Å². The second-order valence-corrected chi connectivity index (χ2v) is 5.14. The van der Waals surface area contributed by atoms with E-state index < -0.39 is 4.92 Å². The zero-order chi connectivity index (χ0) is 11.8. The Morgan fingerprint density at radius 1 is 1.38 bits per heavy atom. The number of non-ortho nitro benzene ring substituents is 1. The number of nitrogens with zero attached hydrogens (tertiary/aromatic N) is 1. The molecule has 1 aliphatic rings. The summed E-state index contributed by atoms with van der Waals surface area (Å²) in [4.78, 5) is 10.2. The molecule has 0 saturated heterocycles. The second-order valence-electron chi connectivity index (χ2n) is 4.28. The molecule has 4 nitrogen and oxygen atoms in total. The molecule has 0 bridgehead atoms. The summed E-state index contributed by atoms with van der Waals surface area (Å²) in [5.41, 5.74) is 7.07. The fraction of sp³-hybridized carbons (Fsp3) is 0.455. The average molecular weight is 285 g/mol. The Bertz CT molecular complexity index is 428. The van der Waals surface area contributed by atoms with E-state index in [4.69, 9.17) is 5.73 Å². The highest BCUT2D eigenvalue weighted by Crippen LogP contribution is 2.40. The van der Waals surface area contributed by atoms with Gasteiger partial charge in [0.1, 0.15) is 0 Å². The summed E-state index contributed by atoms with van der Waals surface area (Å²) in [6.07, 6.45) is 4.15. The molecular weight excluding hydrogens is 272 g/mol. The zero-order valence-corrected chi connectivity index (χ0v) is 10.4. The van der Waals surface area contributed by atoms with Gasteiger partial charge in [-0.3, -0.25) is 10.1 Å². The van der Waals surface area contributed by atoms with E-state index in [-0.39, 0.29) is 11.2 Å². The molecule has 2 N–H and O–H groups in total. The number of hydrogen-bond acceptors (Lipinski definition) is 3. The van der Waals surface area contributed by atoms with Gasteiger partial charge in [0.2, 0.25) is 0 Å². The molecule has 0 aromatic heterocycles. The first-order valence-electron chi connectivity index (χ1n) is 5.26. The van der Waals surface area contributed by atoms with E-state index in [1.165, 1.54) is 12.1 Å². The van der Waals surface area contributed by atoms with E-state index >= 15 is 0 Å². The second kappa shape index (κ2) is 4.14. The summed E-state index contributed by atoms with van der Waals surface area (Å²) in [6.45, 7) is 0. The standard InChI is InChI=1S/C11H13BrN2O2/c12-10-7-8(14(15)16)3-4-9(10)11(13)5-1-2-6-11/h3-4,7H,1-2,5-6,13H2. The lowest BCUT2D eigenvalue weighted by atomic mass is 9.89. The van der Waals surface area contributed by atoms with Gasteiger partial charge in [0.05, 0.1) is 4.92 Å². The third-order valence-electron chi connectivity index (χ3n) is 3.20. The van der Waals surface area contributed by atoms with Gasteiger partial charge in [-0.05, 0) is 24.5 Å². The van der Waals surface area contributed by atoms with Crippen molar-refractivity contribution in [2.45, 2.75) is 31.2 Å². The van der Waals surface area contributed by atoms with Gasteiger partial charge in [-0.25, -0.2) is 0 Å². The van der Waals surface area contributed by atoms with Crippen molar-refractivity contribution in [1.29, 1.82) is 0 Å². The molecule has 16 heavy (non-hydrogen) atoms. The summed E-state index contributed by atoms with van der Waals surface area (Å²) >= 11 is 3.38. The Balaban J connectivity index is 2.39. The lowest BCUT2D eigenvalue weighted by molar-refractivity contribution is -0.384. The quantitative estimate of drug-likeness (QED) is 0.670. The van der Waals surface area contributed by atoms with Crippen molar-refractivity contribution in [1.82, 2.24) is 0 Å². The summed E-state index contributed by atoms with van der Waals surface area (Å²) < 4.78 is 0.742. The van der Waals surface area contributed by atoms with Crippen LogP contribution in [0.25, 0.3) is 0 Å². The van der Waals surface area contributed by atoms with Crippen molar-refractivity contribution < 1.29 is 4.92 Å². The smallest absolute Gasteiger partial charge is 0.270 e. The number of hydrogen-bond donors (Lipinski definition) is 1. The van der Waals surface area contributed by atoms with Crippen LogP contribution in [0.1, 0.15) is 31.2 Å². The SMILES string of the molecule is NC1(c2ccc([N+](=O)[O-])cc2Br)CCCC1. The van der Waals surface area contributed by atoms with Crippen LogP contribution in [-0.2, 0) is 5.54 Å². The van der Waals surface area contributed by atoms with Crippen molar-refractivity contribution in [2.75, 3.05) is 0 Å². The Hall–Kier alpha value is -0.940. The molecule has 86 valence electrons. The number of nitrogens with two attached hydrogens (primary N) is 1. The number of nitro benzene ring substituents is 1. The number of rotatable bonds is 2. The van der Waals surface area contributed by atoms with Crippen LogP contribution in [0.2, 0.25) is 0 Å². The van der Waals surface area contributed by atoms with E-state index in [9.17, 15) is 10.1 Å². The molecule has 5 heteroatoms. The third kappa shape index (κ3) is 1.97. The van der Waals surface area contributed by atoms with Gasteiger partial charge in [-0.15, -0.1) is 0 Å². The molecule has 0 spiro atoms. The lowest BCUT2D eigenvalue weighted by Crippen LogP contribution is -2.33. The lowest BCUT2D eigenvalue weighted by Gasteiger charge is -2.25. The maximum atomic E-state index is 10.6. The van der Waals surface area contributed by atoms with Crippen molar-refractivity contribution >= 4 is 21.6 Å². The summed E-state index contributed by atoms with van der Waals surface area (Å²) in [6, 6.07) is 4.82. The van der Waals surface area contributed by atoms with Gasteiger partial charge in [0.25, 0.3) is 5.69 Å². The van der Waals surface area contributed by atoms with Gasteiger partial charge in [-0.2, -0.15) is 0 Å². The first-order chi connectivity index (χ1) is 7.53. The largest absolute Gasteiger partial charge is 0.321 e. The van der Waals surface area contributed by atoms with Crippen LogP contribution in [0, 0.1) is 10.1 Å². The molecule has 1 fully saturated rings. The maximum absolute atomic E-state index is 10.6. The predicted molar refractivity (Wildman–Crippen MR) is 65.1 cm³/mol. The Labute approximate surface area is 102 Å². The van der Waals surface area contributed by atoms with Gasteiger partial charge >= 0.3 is 0 Å². The number of nitro groups is 1. The van der Waals surface area contributed by atoms with Gasteiger partial charge in [0, 0.05) is 22.1 Å². The highest BCUT2D eigenvalue weighted by atomic mass is 79.9. The van der Waals surface area contributed by atoms with Crippen molar-refractivity contribution in [2.24, 2.45) is 5.73 Å². The summed E-state index contributed by atoms with van der Waals surface area (Å²) in [7, 11) is 0. The van der Waals surface area contributed by atoms with Gasteiger partial charge in [-0.1, -0.05) is 28.8 Å². The zero-order valence-electron chi connectivity index (χ0n) is 8.78. The fourth-order valence-corrected chi connectivity index (χ4v) is 3.06. The minimum Gasteiger partial charge on any atom is -0.321 e. The average Bonchev–Trinajstić information content (AvgIpc) is 2.65. The van der Waals surface area contributed by atoms with Gasteiger partial charge in [0.15, 0.2) is 0 Å². The minimum absolute atomic E-state index is 0.0946. The molecule has 1 saturated carbocycles. The summed E-state index contributed by atoms with van der Waals surface area (Å²) in [5, 5.41) is 10.6. The van der Waals surface area contributed by atoms with E-state index in [0.717, 1.165) is 35.7 Å². The number of halogens is 1. The highest BCUT2D eigenvalue weighted by Gasteiger charge is 2.33. The fourth-order valence-electron chi connectivity index (χ4n) is 2.30. The molecule has 0 heterocycles. The van der Waals surface area contributed by atoms with Crippen LogP contribution in [-0.4, -0.2) is 4.92 Å². The Morgan fingerprint density at radius 3 is 2.50 bits per heavy atom. The van der Waals surface area contributed by atoms with Crippen LogP contribution in [0.4, 0.5) is 5.69 Å². The van der Waals surface area contributed by atoms with Gasteiger partial charge < -0.3 is 5.73 Å². The molecule has 0 amide bonds. The van der Waals surface area contributed by atoms with Crippen LogP contribution < -0.4 is 5.73 Å². The normalized spacial score (nSPS) is 18.6. The predicted octanol–water partition coefficient (Wildman–Crippen LogP) is 3.09. The molecule has 2 rings (SSSR count). The summed E-state index contributed by atoms with van der Waals surface area (Å²) in [5.74, 6) is 0. The third-order valence-corrected chi connectivity index (χ3v) is 3.85.